The van der Waals surface area contributed by atoms with Crippen LogP contribution in [0.1, 0.15) is 18.4 Å². The van der Waals surface area contributed by atoms with Crippen LogP contribution < -0.4 is 9.47 Å². The third-order valence-corrected chi connectivity index (χ3v) is 5.24. The monoisotopic (exact) mass is 453 g/mol. The van der Waals surface area contributed by atoms with Crippen molar-refractivity contribution >= 4 is 0 Å². The number of ether oxygens (including phenoxy) is 2. The molecule has 7 heteroatoms. The lowest BCUT2D eigenvalue weighted by atomic mass is 10.2. The van der Waals surface area contributed by atoms with Crippen LogP contribution in [0.25, 0.3) is 34.4 Å². The zero-order valence-corrected chi connectivity index (χ0v) is 18.9. The minimum atomic E-state index is 0.225. The van der Waals surface area contributed by atoms with Crippen molar-refractivity contribution in [1.82, 2.24) is 15.2 Å². The first-order chi connectivity index (χ1) is 16.7. The van der Waals surface area contributed by atoms with Crippen molar-refractivity contribution in [3.63, 3.8) is 0 Å². The van der Waals surface area contributed by atoms with Crippen LogP contribution in [0.5, 0.6) is 11.5 Å². The third-order valence-electron chi connectivity index (χ3n) is 5.24. The molecule has 0 aliphatic carbocycles. The van der Waals surface area contributed by atoms with E-state index in [-0.39, 0.29) is 6.61 Å². The van der Waals surface area contributed by atoms with Crippen molar-refractivity contribution in [1.29, 1.82) is 0 Å². The van der Waals surface area contributed by atoms with Gasteiger partial charge in [-0.25, -0.2) is 4.98 Å². The number of hydrogen-bond donors (Lipinski definition) is 0. The zero-order chi connectivity index (χ0) is 23.3. The molecule has 34 heavy (non-hydrogen) atoms. The molecule has 2 aromatic heterocycles. The van der Waals surface area contributed by atoms with Gasteiger partial charge < -0.3 is 18.3 Å². The molecule has 0 fully saturated rings. The Balaban J connectivity index is 1.37. The van der Waals surface area contributed by atoms with Crippen LogP contribution >= 0.6 is 0 Å². The molecule has 0 N–H and O–H groups in total. The van der Waals surface area contributed by atoms with Crippen LogP contribution in [0.2, 0.25) is 0 Å². The van der Waals surface area contributed by atoms with Crippen molar-refractivity contribution in [2.75, 3.05) is 6.61 Å². The average molecular weight is 453 g/mol. The van der Waals surface area contributed by atoms with E-state index >= 15 is 0 Å². The van der Waals surface area contributed by atoms with Crippen molar-refractivity contribution in [2.45, 2.75) is 20.5 Å². The fourth-order valence-electron chi connectivity index (χ4n) is 3.55. The molecule has 0 unspecified atom stereocenters. The number of oxazole rings is 1. The van der Waals surface area contributed by atoms with Gasteiger partial charge in [0.05, 0.1) is 17.7 Å². The molecule has 2 heterocycles. The Hall–Kier alpha value is -4.39. The van der Waals surface area contributed by atoms with Gasteiger partial charge in [-0.05, 0) is 50.2 Å². The highest BCUT2D eigenvalue weighted by atomic mass is 16.5. The molecule has 5 rings (SSSR count). The van der Waals surface area contributed by atoms with E-state index in [0.29, 0.717) is 47.0 Å². The molecule has 0 aliphatic rings. The summed E-state index contributed by atoms with van der Waals surface area (Å²) in [7, 11) is 0. The normalized spacial score (nSPS) is 10.9. The van der Waals surface area contributed by atoms with Gasteiger partial charge in [0, 0.05) is 5.56 Å². The molecule has 0 radical (unpaired) electrons. The van der Waals surface area contributed by atoms with E-state index in [1.165, 1.54) is 0 Å². The smallest absolute Gasteiger partial charge is 0.251 e. The van der Waals surface area contributed by atoms with Gasteiger partial charge in [0.15, 0.2) is 0 Å². The molecular formula is C27H23N3O4. The Morgan fingerprint density at radius 3 is 2.03 bits per heavy atom. The molecule has 0 amide bonds. The molecule has 7 nitrogen and oxygen atoms in total. The maximum Gasteiger partial charge on any atom is 0.251 e. The highest BCUT2D eigenvalue weighted by molar-refractivity contribution is 5.65. The molecule has 0 bridgehead atoms. The van der Waals surface area contributed by atoms with E-state index in [0.717, 1.165) is 16.9 Å². The summed E-state index contributed by atoms with van der Waals surface area (Å²) in [5, 5.41) is 8.41. The highest BCUT2D eigenvalue weighted by Crippen LogP contribution is 2.33. The average Bonchev–Trinajstić information content (AvgIpc) is 3.51. The Morgan fingerprint density at radius 1 is 0.676 bits per heavy atom. The number of para-hydroxylation sites is 2. The second-order valence-electron chi connectivity index (χ2n) is 7.51. The fourth-order valence-corrected chi connectivity index (χ4v) is 3.55. The van der Waals surface area contributed by atoms with Gasteiger partial charge in [0.1, 0.15) is 29.6 Å². The summed E-state index contributed by atoms with van der Waals surface area (Å²) in [5.74, 6) is 3.37. The van der Waals surface area contributed by atoms with Crippen molar-refractivity contribution in [3.8, 4) is 45.9 Å². The first kappa shape index (κ1) is 21.5. The van der Waals surface area contributed by atoms with E-state index < -0.39 is 0 Å². The first-order valence-corrected chi connectivity index (χ1v) is 11.0. The topological polar surface area (TPSA) is 83.4 Å². The van der Waals surface area contributed by atoms with E-state index in [1.807, 2.05) is 92.7 Å². The maximum absolute atomic E-state index is 6.12. The molecule has 0 spiro atoms. The largest absolute Gasteiger partial charge is 0.493 e. The van der Waals surface area contributed by atoms with Crippen LogP contribution in [-0.2, 0) is 6.61 Å². The molecule has 5 aromatic rings. The third kappa shape index (κ3) is 4.41. The minimum absolute atomic E-state index is 0.225. The van der Waals surface area contributed by atoms with Gasteiger partial charge in [0.2, 0.25) is 11.8 Å². The lowest BCUT2D eigenvalue weighted by Crippen LogP contribution is -1.99. The summed E-state index contributed by atoms with van der Waals surface area (Å²) in [5.41, 5.74) is 3.07. The minimum Gasteiger partial charge on any atom is -0.493 e. The Bertz CT molecular complexity index is 1390. The summed E-state index contributed by atoms with van der Waals surface area (Å²) in [4.78, 5) is 4.66. The van der Waals surface area contributed by atoms with Crippen LogP contribution in [0, 0.1) is 6.92 Å². The number of nitrogens with zero attached hydrogens (tertiary/aromatic N) is 3. The Labute approximate surface area is 197 Å². The van der Waals surface area contributed by atoms with Crippen LogP contribution in [-0.4, -0.2) is 21.8 Å². The number of benzene rings is 3. The van der Waals surface area contributed by atoms with Crippen molar-refractivity contribution in [2.24, 2.45) is 0 Å². The van der Waals surface area contributed by atoms with Crippen molar-refractivity contribution in [3.05, 3.63) is 90.3 Å². The Morgan fingerprint density at radius 2 is 1.29 bits per heavy atom. The maximum atomic E-state index is 6.12. The number of rotatable bonds is 8. The van der Waals surface area contributed by atoms with Crippen LogP contribution in [0.3, 0.4) is 0 Å². The van der Waals surface area contributed by atoms with Gasteiger partial charge in [-0.2, -0.15) is 0 Å². The number of hydrogen-bond acceptors (Lipinski definition) is 7. The number of aromatic nitrogens is 3. The fraction of sp³-hybridized carbons (Fsp3) is 0.148. The van der Waals surface area contributed by atoms with Gasteiger partial charge in [-0.15, -0.1) is 10.2 Å². The lowest BCUT2D eigenvalue weighted by Gasteiger charge is -2.08. The van der Waals surface area contributed by atoms with Gasteiger partial charge in [-0.1, -0.05) is 42.5 Å². The predicted molar refractivity (Wildman–Crippen MR) is 127 cm³/mol. The SMILES string of the molecule is CCOc1ccccc1-c1nc(COc2ccccc2-c2nnc(-c3ccccc3)o2)c(C)o1. The molecule has 0 saturated heterocycles. The zero-order valence-electron chi connectivity index (χ0n) is 18.9. The lowest BCUT2D eigenvalue weighted by molar-refractivity contribution is 0.300. The summed E-state index contributed by atoms with van der Waals surface area (Å²) in [6.45, 7) is 4.60. The first-order valence-electron chi connectivity index (χ1n) is 11.0. The molecule has 3 aromatic carbocycles. The van der Waals surface area contributed by atoms with E-state index in [2.05, 4.69) is 15.2 Å². The highest BCUT2D eigenvalue weighted by Gasteiger charge is 2.18. The molecule has 0 aliphatic heterocycles. The van der Waals surface area contributed by atoms with Crippen LogP contribution in [0.4, 0.5) is 0 Å². The number of aryl methyl sites for hydroxylation is 1. The van der Waals surface area contributed by atoms with Gasteiger partial charge in [-0.3, -0.25) is 0 Å². The second kappa shape index (κ2) is 9.62. The van der Waals surface area contributed by atoms with E-state index in [9.17, 15) is 0 Å². The summed E-state index contributed by atoms with van der Waals surface area (Å²) in [6.07, 6.45) is 0. The molecule has 170 valence electrons. The summed E-state index contributed by atoms with van der Waals surface area (Å²) >= 11 is 0. The predicted octanol–water partition coefficient (Wildman–Crippen LogP) is 6.34. The standard InChI is InChI=1S/C27H23N3O4/c1-3-31-23-15-9-7-13-20(23)26-28-22(18(2)33-26)17-32-24-16-10-8-14-21(24)27-30-29-25(34-27)19-11-5-4-6-12-19/h4-16H,3,17H2,1-2H3. The quantitative estimate of drug-likeness (QED) is 0.271. The molecular weight excluding hydrogens is 430 g/mol. The molecule has 0 atom stereocenters. The van der Waals surface area contributed by atoms with Gasteiger partial charge in [0.25, 0.3) is 5.89 Å². The van der Waals surface area contributed by atoms with Crippen molar-refractivity contribution < 1.29 is 18.3 Å². The second-order valence-corrected chi connectivity index (χ2v) is 7.51. The van der Waals surface area contributed by atoms with Crippen LogP contribution in [0.15, 0.2) is 87.7 Å². The van der Waals surface area contributed by atoms with E-state index in [1.54, 1.807) is 0 Å². The van der Waals surface area contributed by atoms with Gasteiger partial charge >= 0.3 is 0 Å². The molecule has 0 saturated carbocycles. The summed E-state index contributed by atoms with van der Waals surface area (Å²) in [6, 6.07) is 24.9. The summed E-state index contributed by atoms with van der Waals surface area (Å²) < 4.78 is 23.7. The Kier molecular flexibility index (Phi) is 6.07. The van der Waals surface area contributed by atoms with E-state index in [4.69, 9.17) is 18.3 Å².